The topological polar surface area (TPSA) is 9.23 Å². The number of hydrogen-bond acceptors (Lipinski definition) is 1. The fourth-order valence-electron chi connectivity index (χ4n) is 8.91. The number of hydrogen-bond donors (Lipinski definition) is 0. The summed E-state index contributed by atoms with van der Waals surface area (Å²) in [5, 5.41) is 4.93. The van der Waals surface area contributed by atoms with Crippen LogP contribution in [0.1, 0.15) is 22.3 Å². The van der Waals surface area contributed by atoms with Crippen LogP contribution in [-0.2, 0) is 5.41 Å². The summed E-state index contributed by atoms with van der Waals surface area (Å²) in [6.07, 6.45) is 0. The van der Waals surface area contributed by atoms with Crippen molar-refractivity contribution < 1.29 is 4.74 Å². The third kappa shape index (κ3) is 2.87. The Balaban J connectivity index is 1.29. The van der Waals surface area contributed by atoms with Crippen LogP contribution in [-0.4, -0.2) is 0 Å². The van der Waals surface area contributed by atoms with Gasteiger partial charge >= 0.3 is 0 Å². The highest BCUT2D eigenvalue weighted by atomic mass is 16.5. The highest BCUT2D eigenvalue weighted by Crippen LogP contribution is 2.65. The fraction of sp³-hybridized carbons (Fsp3) is 0.0222. The monoisotopic (exact) mass is 582 g/mol. The third-order valence-corrected chi connectivity index (χ3v) is 10.7. The summed E-state index contributed by atoms with van der Waals surface area (Å²) >= 11 is 0. The molecule has 0 radical (unpaired) electrons. The number of rotatable bonds is 1. The van der Waals surface area contributed by atoms with Crippen LogP contribution in [0.4, 0.5) is 0 Å². The van der Waals surface area contributed by atoms with Gasteiger partial charge in [0.15, 0.2) is 0 Å². The summed E-state index contributed by atoms with van der Waals surface area (Å²) in [6.45, 7) is 0. The second-order valence-corrected chi connectivity index (χ2v) is 12.8. The lowest BCUT2D eigenvalue weighted by Gasteiger charge is -2.31. The van der Waals surface area contributed by atoms with E-state index >= 15 is 0 Å². The van der Waals surface area contributed by atoms with Crippen molar-refractivity contribution in [1.29, 1.82) is 0 Å². The Bertz CT molecular complexity index is 2630. The highest BCUT2D eigenvalue weighted by Gasteiger charge is 2.52. The molecule has 46 heavy (non-hydrogen) atoms. The van der Waals surface area contributed by atoms with E-state index < -0.39 is 5.41 Å². The second-order valence-electron chi connectivity index (χ2n) is 12.8. The van der Waals surface area contributed by atoms with Crippen molar-refractivity contribution in [3.8, 4) is 56.0 Å². The largest absolute Gasteiger partial charge is 0.456 e. The molecule has 1 heterocycles. The Hall–Kier alpha value is -5.92. The van der Waals surface area contributed by atoms with Gasteiger partial charge in [-0.2, -0.15) is 0 Å². The standard InChI is InChI=1S/C45H26O/c1-2-12-29-26-39-35(25-28(29)11-1)30-14-3-6-18-36(30)45(39)37-19-7-4-15-33(37)43-31(17-10-20-38(43)45)32-24-23-27-13-9-22-41-42(27)44(32)34-16-5-8-21-40(34)46-41/h1-26H. The van der Waals surface area contributed by atoms with Crippen LogP contribution >= 0.6 is 0 Å². The molecule has 2 aliphatic carbocycles. The molecule has 1 atom stereocenters. The zero-order valence-electron chi connectivity index (χ0n) is 24.9. The van der Waals surface area contributed by atoms with E-state index in [1.54, 1.807) is 0 Å². The zero-order valence-corrected chi connectivity index (χ0v) is 24.9. The number of para-hydroxylation sites is 1. The van der Waals surface area contributed by atoms with Gasteiger partial charge in [-0.1, -0.05) is 133 Å². The maximum atomic E-state index is 6.48. The summed E-state index contributed by atoms with van der Waals surface area (Å²) in [5.41, 5.74) is 15.2. The molecular formula is C45H26O. The second kappa shape index (κ2) is 8.62. The molecule has 0 saturated heterocycles. The molecule has 1 unspecified atom stereocenters. The predicted octanol–water partition coefficient (Wildman–Crippen LogP) is 11.8. The van der Waals surface area contributed by atoms with Crippen molar-refractivity contribution >= 4 is 21.5 Å². The highest BCUT2D eigenvalue weighted by molar-refractivity contribution is 6.12. The van der Waals surface area contributed by atoms with Crippen LogP contribution in [0.25, 0.3) is 66.1 Å². The Morgan fingerprint density at radius 3 is 1.78 bits per heavy atom. The first-order valence-corrected chi connectivity index (χ1v) is 16.0. The minimum atomic E-state index is -0.405. The van der Waals surface area contributed by atoms with Gasteiger partial charge in [0.1, 0.15) is 11.5 Å². The first kappa shape index (κ1) is 24.4. The molecule has 1 nitrogen and oxygen atoms in total. The Morgan fingerprint density at radius 2 is 0.913 bits per heavy atom. The molecule has 0 aromatic heterocycles. The normalized spacial score (nSPS) is 16.1. The number of benzene rings is 8. The summed E-state index contributed by atoms with van der Waals surface area (Å²) in [4.78, 5) is 0. The Morgan fingerprint density at radius 1 is 0.326 bits per heavy atom. The average Bonchev–Trinajstić information content (AvgIpc) is 3.58. The summed E-state index contributed by atoms with van der Waals surface area (Å²) < 4.78 is 6.48. The molecule has 1 heteroatoms. The van der Waals surface area contributed by atoms with E-state index in [2.05, 4.69) is 158 Å². The molecule has 1 spiro atoms. The van der Waals surface area contributed by atoms with Gasteiger partial charge in [-0.15, -0.1) is 0 Å². The summed E-state index contributed by atoms with van der Waals surface area (Å²) in [6, 6.07) is 58.3. The lowest BCUT2D eigenvalue weighted by atomic mass is 9.70. The number of ether oxygens (including phenoxy) is 1. The SMILES string of the molecule is c1ccc2c(c1)Oc1cccc3ccc(-c4cccc5c4-c4ccccc4C54c5ccccc5-c5cc6ccccc6cc54)c-2c13. The maximum absolute atomic E-state index is 6.48. The first-order chi connectivity index (χ1) is 22.8. The lowest BCUT2D eigenvalue weighted by molar-refractivity contribution is 0.487. The maximum Gasteiger partial charge on any atom is 0.135 e. The molecule has 0 N–H and O–H groups in total. The van der Waals surface area contributed by atoms with E-state index in [1.807, 2.05) is 0 Å². The van der Waals surface area contributed by atoms with Gasteiger partial charge < -0.3 is 4.74 Å². The van der Waals surface area contributed by atoms with Gasteiger partial charge in [-0.3, -0.25) is 0 Å². The van der Waals surface area contributed by atoms with Gasteiger partial charge in [0.05, 0.1) is 5.41 Å². The van der Waals surface area contributed by atoms with Crippen molar-refractivity contribution in [3.63, 3.8) is 0 Å². The Labute approximate surface area is 267 Å². The van der Waals surface area contributed by atoms with Crippen molar-refractivity contribution in [1.82, 2.24) is 0 Å². The average molecular weight is 583 g/mol. The summed E-state index contributed by atoms with van der Waals surface area (Å²) in [7, 11) is 0. The van der Waals surface area contributed by atoms with Gasteiger partial charge in [0.2, 0.25) is 0 Å². The van der Waals surface area contributed by atoms with Gasteiger partial charge in [0.25, 0.3) is 0 Å². The molecule has 212 valence electrons. The van der Waals surface area contributed by atoms with E-state index in [0.717, 1.165) is 17.1 Å². The third-order valence-electron chi connectivity index (χ3n) is 10.7. The van der Waals surface area contributed by atoms with E-state index in [9.17, 15) is 0 Å². The molecule has 0 bridgehead atoms. The van der Waals surface area contributed by atoms with Crippen molar-refractivity contribution in [2.24, 2.45) is 0 Å². The molecule has 0 fully saturated rings. The van der Waals surface area contributed by atoms with Crippen molar-refractivity contribution in [2.75, 3.05) is 0 Å². The van der Waals surface area contributed by atoms with Gasteiger partial charge in [-0.25, -0.2) is 0 Å². The van der Waals surface area contributed by atoms with Crippen molar-refractivity contribution in [2.45, 2.75) is 5.41 Å². The quantitative estimate of drug-likeness (QED) is 0.187. The molecule has 0 amide bonds. The zero-order chi connectivity index (χ0) is 30.0. The molecule has 1 aliphatic heterocycles. The molecule has 8 aromatic rings. The molecule has 3 aliphatic rings. The smallest absolute Gasteiger partial charge is 0.135 e. The lowest BCUT2D eigenvalue weighted by Crippen LogP contribution is -2.25. The van der Waals surface area contributed by atoms with E-state index in [1.165, 1.54) is 82.7 Å². The first-order valence-electron chi connectivity index (χ1n) is 16.0. The molecular weight excluding hydrogens is 556 g/mol. The van der Waals surface area contributed by atoms with E-state index in [-0.39, 0.29) is 0 Å². The van der Waals surface area contributed by atoms with E-state index in [4.69, 9.17) is 4.74 Å². The summed E-state index contributed by atoms with van der Waals surface area (Å²) in [5.74, 6) is 1.83. The molecule has 0 saturated carbocycles. The van der Waals surface area contributed by atoms with Gasteiger partial charge in [0, 0.05) is 16.5 Å². The predicted molar refractivity (Wildman–Crippen MR) is 189 cm³/mol. The number of fused-ring (bicyclic) bond motifs is 13. The van der Waals surface area contributed by atoms with Crippen LogP contribution in [0.2, 0.25) is 0 Å². The minimum Gasteiger partial charge on any atom is -0.456 e. The van der Waals surface area contributed by atoms with Crippen LogP contribution in [0, 0.1) is 0 Å². The van der Waals surface area contributed by atoms with Gasteiger partial charge in [-0.05, 0) is 96.1 Å². The molecule has 8 aromatic carbocycles. The minimum absolute atomic E-state index is 0.405. The van der Waals surface area contributed by atoms with Crippen LogP contribution in [0.15, 0.2) is 158 Å². The Kier molecular flexibility index (Phi) is 4.57. The van der Waals surface area contributed by atoms with E-state index in [0.29, 0.717) is 0 Å². The van der Waals surface area contributed by atoms with Crippen LogP contribution in [0.5, 0.6) is 11.5 Å². The van der Waals surface area contributed by atoms with Crippen molar-refractivity contribution in [3.05, 3.63) is 180 Å². The molecule has 11 rings (SSSR count). The van der Waals surface area contributed by atoms with Crippen LogP contribution in [0.3, 0.4) is 0 Å². The van der Waals surface area contributed by atoms with Crippen LogP contribution < -0.4 is 4.74 Å². The fourth-order valence-corrected chi connectivity index (χ4v) is 8.91.